The molecule has 0 aliphatic rings. The van der Waals surface area contributed by atoms with Gasteiger partial charge in [-0.05, 0) is 29.9 Å². The Morgan fingerprint density at radius 2 is 1.53 bits per heavy atom. The van der Waals surface area contributed by atoms with Crippen LogP contribution in [0.2, 0.25) is 0 Å². The van der Waals surface area contributed by atoms with Crippen molar-refractivity contribution in [2.45, 2.75) is 52.0 Å². The first-order chi connectivity index (χ1) is 7.31. The average molecular weight is 205 g/mol. The van der Waals surface area contributed by atoms with Crippen LogP contribution in [0.1, 0.15) is 56.6 Å². The fourth-order valence-electron chi connectivity index (χ4n) is 2.10. The lowest BCUT2D eigenvalue weighted by Crippen LogP contribution is -2.00. The first-order valence-corrected chi connectivity index (χ1v) is 6.10. The standard InChI is InChI=1S/C14H23N/c1-3-5-13(6-4-2)14-9-7-12(11-15)8-10-14/h7-10,13H,3-6,11,15H2,1-2H3. The fraction of sp³-hybridized carbons (Fsp3) is 0.571. The summed E-state index contributed by atoms with van der Waals surface area (Å²) in [6.07, 6.45) is 5.14. The molecular weight excluding hydrogens is 182 g/mol. The number of hydrogen-bond donors (Lipinski definition) is 1. The van der Waals surface area contributed by atoms with Crippen LogP contribution in [0.25, 0.3) is 0 Å². The van der Waals surface area contributed by atoms with Crippen LogP contribution in [-0.4, -0.2) is 0 Å². The molecule has 0 aliphatic carbocycles. The van der Waals surface area contributed by atoms with E-state index in [1.165, 1.54) is 36.8 Å². The van der Waals surface area contributed by atoms with Gasteiger partial charge in [-0.1, -0.05) is 51.0 Å². The highest BCUT2D eigenvalue weighted by molar-refractivity contribution is 5.25. The molecule has 0 atom stereocenters. The van der Waals surface area contributed by atoms with E-state index in [4.69, 9.17) is 5.73 Å². The van der Waals surface area contributed by atoms with Crippen molar-refractivity contribution in [2.75, 3.05) is 0 Å². The molecular formula is C14H23N. The van der Waals surface area contributed by atoms with Gasteiger partial charge in [0.1, 0.15) is 0 Å². The molecule has 0 bridgehead atoms. The summed E-state index contributed by atoms with van der Waals surface area (Å²) in [5, 5.41) is 0. The van der Waals surface area contributed by atoms with Crippen LogP contribution in [0.15, 0.2) is 24.3 Å². The summed E-state index contributed by atoms with van der Waals surface area (Å²) in [5.74, 6) is 0.742. The molecule has 0 fully saturated rings. The number of rotatable bonds is 6. The van der Waals surface area contributed by atoms with Crippen LogP contribution < -0.4 is 5.73 Å². The van der Waals surface area contributed by atoms with Gasteiger partial charge in [0.15, 0.2) is 0 Å². The van der Waals surface area contributed by atoms with Crippen LogP contribution >= 0.6 is 0 Å². The molecule has 84 valence electrons. The second-order valence-electron chi connectivity index (χ2n) is 4.22. The molecule has 0 radical (unpaired) electrons. The molecule has 1 aromatic carbocycles. The van der Waals surface area contributed by atoms with Crippen molar-refractivity contribution in [2.24, 2.45) is 5.73 Å². The highest BCUT2D eigenvalue weighted by Gasteiger charge is 2.08. The lowest BCUT2D eigenvalue weighted by atomic mass is 9.90. The second-order valence-corrected chi connectivity index (χ2v) is 4.22. The summed E-state index contributed by atoms with van der Waals surface area (Å²) in [7, 11) is 0. The van der Waals surface area contributed by atoms with Gasteiger partial charge in [-0.3, -0.25) is 0 Å². The first-order valence-electron chi connectivity index (χ1n) is 6.10. The first kappa shape index (κ1) is 12.3. The van der Waals surface area contributed by atoms with E-state index < -0.39 is 0 Å². The fourth-order valence-corrected chi connectivity index (χ4v) is 2.10. The average Bonchev–Trinajstić information content (AvgIpc) is 2.29. The molecule has 0 spiro atoms. The number of nitrogens with two attached hydrogens (primary N) is 1. The Labute approximate surface area is 93.7 Å². The summed E-state index contributed by atoms with van der Waals surface area (Å²) in [6.45, 7) is 5.17. The van der Waals surface area contributed by atoms with Crippen LogP contribution in [0.3, 0.4) is 0 Å². The molecule has 0 aliphatic heterocycles. The zero-order valence-corrected chi connectivity index (χ0v) is 10.00. The Balaban J connectivity index is 2.72. The molecule has 0 saturated heterocycles. The minimum atomic E-state index is 0.645. The molecule has 0 aromatic heterocycles. The molecule has 1 aromatic rings. The van der Waals surface area contributed by atoms with E-state index in [0.717, 1.165) is 5.92 Å². The topological polar surface area (TPSA) is 26.0 Å². The molecule has 0 unspecified atom stereocenters. The summed E-state index contributed by atoms with van der Waals surface area (Å²) in [5.41, 5.74) is 8.30. The quantitative estimate of drug-likeness (QED) is 0.750. The molecule has 1 nitrogen and oxygen atoms in total. The largest absolute Gasteiger partial charge is 0.326 e. The summed E-state index contributed by atoms with van der Waals surface area (Å²) in [4.78, 5) is 0. The van der Waals surface area contributed by atoms with E-state index in [1.54, 1.807) is 0 Å². The van der Waals surface area contributed by atoms with Crippen molar-refractivity contribution >= 4 is 0 Å². The van der Waals surface area contributed by atoms with Crippen LogP contribution in [0.4, 0.5) is 0 Å². The molecule has 1 rings (SSSR count). The molecule has 0 heterocycles. The maximum Gasteiger partial charge on any atom is 0.0178 e. The third kappa shape index (κ3) is 3.67. The van der Waals surface area contributed by atoms with E-state index in [2.05, 4.69) is 38.1 Å². The molecule has 2 N–H and O–H groups in total. The Morgan fingerprint density at radius 1 is 1.00 bits per heavy atom. The Hall–Kier alpha value is -0.820. The van der Waals surface area contributed by atoms with Gasteiger partial charge in [-0.2, -0.15) is 0 Å². The molecule has 15 heavy (non-hydrogen) atoms. The van der Waals surface area contributed by atoms with E-state index >= 15 is 0 Å². The van der Waals surface area contributed by atoms with Crippen LogP contribution in [0, 0.1) is 0 Å². The van der Waals surface area contributed by atoms with Crippen molar-refractivity contribution in [3.05, 3.63) is 35.4 Å². The van der Waals surface area contributed by atoms with Crippen LogP contribution in [0.5, 0.6) is 0 Å². The van der Waals surface area contributed by atoms with Gasteiger partial charge >= 0.3 is 0 Å². The zero-order valence-electron chi connectivity index (χ0n) is 10.00. The highest BCUT2D eigenvalue weighted by Crippen LogP contribution is 2.26. The summed E-state index contributed by atoms with van der Waals surface area (Å²) >= 11 is 0. The molecule has 1 heteroatoms. The predicted octanol–water partition coefficient (Wildman–Crippen LogP) is 3.83. The Kier molecular flexibility index (Phi) is 5.41. The number of hydrogen-bond acceptors (Lipinski definition) is 1. The van der Waals surface area contributed by atoms with E-state index in [1.807, 2.05) is 0 Å². The minimum Gasteiger partial charge on any atom is -0.326 e. The third-order valence-corrected chi connectivity index (χ3v) is 2.96. The highest BCUT2D eigenvalue weighted by atomic mass is 14.5. The predicted molar refractivity (Wildman–Crippen MR) is 66.9 cm³/mol. The maximum absolute atomic E-state index is 5.59. The Bertz CT molecular complexity index is 257. The summed E-state index contributed by atoms with van der Waals surface area (Å²) in [6, 6.07) is 8.82. The lowest BCUT2D eigenvalue weighted by molar-refractivity contribution is 0.561. The van der Waals surface area contributed by atoms with Crippen molar-refractivity contribution in [1.82, 2.24) is 0 Å². The van der Waals surface area contributed by atoms with Crippen molar-refractivity contribution in [3.63, 3.8) is 0 Å². The van der Waals surface area contributed by atoms with Gasteiger partial charge in [0.25, 0.3) is 0 Å². The minimum absolute atomic E-state index is 0.645. The van der Waals surface area contributed by atoms with Gasteiger partial charge < -0.3 is 5.73 Å². The van der Waals surface area contributed by atoms with Gasteiger partial charge in [-0.25, -0.2) is 0 Å². The zero-order chi connectivity index (χ0) is 11.1. The van der Waals surface area contributed by atoms with Gasteiger partial charge in [0.05, 0.1) is 0 Å². The van der Waals surface area contributed by atoms with Gasteiger partial charge in [0, 0.05) is 6.54 Å². The van der Waals surface area contributed by atoms with E-state index in [9.17, 15) is 0 Å². The van der Waals surface area contributed by atoms with Gasteiger partial charge in [-0.15, -0.1) is 0 Å². The SMILES string of the molecule is CCCC(CCC)c1ccc(CN)cc1. The summed E-state index contributed by atoms with van der Waals surface area (Å²) < 4.78 is 0. The van der Waals surface area contributed by atoms with E-state index in [-0.39, 0.29) is 0 Å². The van der Waals surface area contributed by atoms with Crippen molar-refractivity contribution in [3.8, 4) is 0 Å². The number of benzene rings is 1. The van der Waals surface area contributed by atoms with Crippen LogP contribution in [-0.2, 0) is 6.54 Å². The lowest BCUT2D eigenvalue weighted by Gasteiger charge is -2.15. The normalized spacial score (nSPS) is 10.9. The maximum atomic E-state index is 5.59. The third-order valence-electron chi connectivity index (χ3n) is 2.96. The van der Waals surface area contributed by atoms with E-state index in [0.29, 0.717) is 6.54 Å². The molecule has 0 saturated carbocycles. The van der Waals surface area contributed by atoms with Crippen molar-refractivity contribution in [1.29, 1.82) is 0 Å². The smallest absolute Gasteiger partial charge is 0.0178 e. The monoisotopic (exact) mass is 205 g/mol. The second kappa shape index (κ2) is 6.62. The van der Waals surface area contributed by atoms with Gasteiger partial charge in [0.2, 0.25) is 0 Å². The Morgan fingerprint density at radius 3 is 1.93 bits per heavy atom. The molecule has 0 amide bonds. The van der Waals surface area contributed by atoms with Crippen molar-refractivity contribution < 1.29 is 0 Å².